The zero-order chi connectivity index (χ0) is 24.8. The summed E-state index contributed by atoms with van der Waals surface area (Å²) in [5.41, 5.74) is 3.62. The smallest absolute Gasteiger partial charge is 0.248 e. The van der Waals surface area contributed by atoms with Crippen LogP contribution in [0.5, 0.6) is 11.5 Å². The molecule has 3 rings (SSSR count). The van der Waals surface area contributed by atoms with Crippen LogP contribution in [-0.2, 0) is 16.0 Å². The van der Waals surface area contributed by atoms with Crippen molar-refractivity contribution in [2.24, 2.45) is 0 Å². The van der Waals surface area contributed by atoms with Gasteiger partial charge in [0.1, 0.15) is 6.04 Å². The van der Waals surface area contributed by atoms with Crippen LogP contribution in [0.4, 0.5) is 11.4 Å². The Labute approximate surface area is 204 Å². The van der Waals surface area contributed by atoms with Gasteiger partial charge >= 0.3 is 0 Å². The van der Waals surface area contributed by atoms with E-state index in [2.05, 4.69) is 15.7 Å². The minimum atomic E-state index is -0.502. The van der Waals surface area contributed by atoms with Gasteiger partial charge in [-0.25, -0.2) is 0 Å². The van der Waals surface area contributed by atoms with Crippen LogP contribution in [0, 0.1) is 13.8 Å². The predicted octanol–water partition coefficient (Wildman–Crippen LogP) is 4.94. The molecular formula is C25H29ClN4O4. The molecular weight excluding hydrogens is 456 g/mol. The highest BCUT2D eigenvalue weighted by Gasteiger charge is 2.19. The minimum Gasteiger partial charge on any atom is -0.493 e. The van der Waals surface area contributed by atoms with E-state index >= 15 is 0 Å². The van der Waals surface area contributed by atoms with Gasteiger partial charge < -0.3 is 20.1 Å². The number of anilines is 2. The van der Waals surface area contributed by atoms with Crippen molar-refractivity contribution in [2.75, 3.05) is 24.9 Å². The molecule has 0 spiro atoms. The lowest BCUT2D eigenvalue weighted by Gasteiger charge is -2.16. The summed E-state index contributed by atoms with van der Waals surface area (Å²) in [6.45, 7) is 5.55. The van der Waals surface area contributed by atoms with Gasteiger partial charge in [-0.2, -0.15) is 5.10 Å². The van der Waals surface area contributed by atoms with E-state index in [1.807, 2.05) is 38.1 Å². The first-order chi connectivity index (χ1) is 16.2. The Hall–Kier alpha value is -3.52. The van der Waals surface area contributed by atoms with Crippen molar-refractivity contribution in [2.45, 2.75) is 39.7 Å². The summed E-state index contributed by atoms with van der Waals surface area (Å²) in [5, 5.41) is 10.3. The fourth-order valence-corrected chi connectivity index (χ4v) is 3.93. The Morgan fingerprint density at radius 3 is 2.47 bits per heavy atom. The van der Waals surface area contributed by atoms with Gasteiger partial charge in [0.2, 0.25) is 11.8 Å². The molecule has 1 unspecified atom stereocenters. The summed E-state index contributed by atoms with van der Waals surface area (Å²) in [5.74, 6) is 0.834. The van der Waals surface area contributed by atoms with Crippen LogP contribution in [0.1, 0.15) is 36.3 Å². The van der Waals surface area contributed by atoms with Crippen LogP contribution >= 0.6 is 11.6 Å². The average molecular weight is 485 g/mol. The van der Waals surface area contributed by atoms with E-state index < -0.39 is 6.04 Å². The van der Waals surface area contributed by atoms with Gasteiger partial charge in [-0.3, -0.25) is 14.3 Å². The van der Waals surface area contributed by atoms with E-state index in [-0.39, 0.29) is 18.2 Å². The van der Waals surface area contributed by atoms with Gasteiger partial charge in [0.05, 0.1) is 30.6 Å². The molecule has 3 aromatic rings. The van der Waals surface area contributed by atoms with Gasteiger partial charge in [-0.1, -0.05) is 23.7 Å². The molecule has 1 aromatic heterocycles. The monoisotopic (exact) mass is 484 g/mol. The predicted molar refractivity (Wildman–Crippen MR) is 133 cm³/mol. The lowest BCUT2D eigenvalue weighted by Crippen LogP contribution is -2.25. The second-order valence-corrected chi connectivity index (χ2v) is 8.34. The van der Waals surface area contributed by atoms with Crippen molar-refractivity contribution in [3.05, 3.63) is 64.4 Å². The fraction of sp³-hybridized carbons (Fsp3) is 0.320. The molecule has 0 saturated heterocycles. The van der Waals surface area contributed by atoms with E-state index in [9.17, 15) is 9.59 Å². The highest BCUT2D eigenvalue weighted by atomic mass is 35.5. The third kappa shape index (κ3) is 5.88. The summed E-state index contributed by atoms with van der Waals surface area (Å²) >= 11 is 6.37. The number of aromatic nitrogens is 2. The maximum absolute atomic E-state index is 12.7. The first-order valence-electron chi connectivity index (χ1n) is 10.9. The molecule has 9 heteroatoms. The Morgan fingerprint density at radius 2 is 1.85 bits per heavy atom. The first-order valence-corrected chi connectivity index (χ1v) is 11.2. The molecule has 2 amide bonds. The molecule has 2 N–H and O–H groups in total. The van der Waals surface area contributed by atoms with Crippen LogP contribution in [0.3, 0.4) is 0 Å². The minimum absolute atomic E-state index is 0.170. The number of nitrogens with zero attached hydrogens (tertiary/aromatic N) is 2. The van der Waals surface area contributed by atoms with Crippen molar-refractivity contribution in [3.63, 3.8) is 0 Å². The largest absolute Gasteiger partial charge is 0.493 e. The van der Waals surface area contributed by atoms with Gasteiger partial charge in [0.15, 0.2) is 11.5 Å². The van der Waals surface area contributed by atoms with Crippen LogP contribution in [0.2, 0.25) is 5.02 Å². The first kappa shape index (κ1) is 25.1. The number of hydrogen-bond acceptors (Lipinski definition) is 5. The third-order valence-corrected chi connectivity index (χ3v) is 5.72. The lowest BCUT2D eigenvalue weighted by molar-refractivity contribution is -0.119. The molecule has 0 aliphatic heterocycles. The van der Waals surface area contributed by atoms with Gasteiger partial charge in [0, 0.05) is 17.8 Å². The van der Waals surface area contributed by atoms with Crippen molar-refractivity contribution in [3.8, 4) is 11.5 Å². The van der Waals surface area contributed by atoms with E-state index in [4.69, 9.17) is 21.1 Å². The second-order valence-electron chi connectivity index (χ2n) is 7.93. The van der Waals surface area contributed by atoms with Crippen LogP contribution in [0.25, 0.3) is 0 Å². The highest BCUT2D eigenvalue weighted by molar-refractivity contribution is 6.34. The number of aryl methyl sites for hydroxylation is 3. The number of carbonyl (C=O) groups is 2. The van der Waals surface area contributed by atoms with Crippen molar-refractivity contribution < 1.29 is 19.1 Å². The van der Waals surface area contributed by atoms with Crippen LogP contribution in [-0.4, -0.2) is 35.8 Å². The SMILES string of the molecule is COc1cccc(CCC(=O)Nc2ccc(NC(=O)C(C)n3nc(C)cc3C)c(Cl)c2)c1OC. The number of methoxy groups -OCH3 is 2. The number of carbonyl (C=O) groups excluding carboxylic acids is 2. The standard InChI is InChI=1S/C25H29ClN4O4/c1-15-13-16(2)30(29-15)17(3)25(32)28-21-11-10-19(14-20(21)26)27-23(31)12-9-18-7-6-8-22(33-4)24(18)34-5/h6-8,10-11,13-14,17H,9,12H2,1-5H3,(H,27,31)(H,28,32). The molecule has 0 fully saturated rings. The zero-order valence-corrected chi connectivity index (χ0v) is 20.7. The number of para-hydroxylation sites is 1. The molecule has 0 bridgehead atoms. The fourth-order valence-electron chi connectivity index (χ4n) is 3.70. The summed E-state index contributed by atoms with van der Waals surface area (Å²) in [4.78, 5) is 25.2. The van der Waals surface area contributed by atoms with Crippen molar-refractivity contribution in [1.29, 1.82) is 0 Å². The van der Waals surface area contributed by atoms with E-state index in [1.165, 1.54) is 0 Å². The van der Waals surface area contributed by atoms with Gasteiger partial charge in [0.25, 0.3) is 0 Å². The maximum atomic E-state index is 12.7. The normalized spacial score (nSPS) is 11.6. The van der Waals surface area contributed by atoms with Crippen molar-refractivity contribution >= 4 is 34.8 Å². The molecule has 1 atom stereocenters. The second kappa shape index (κ2) is 11.1. The Kier molecular flexibility index (Phi) is 8.17. The Balaban J connectivity index is 1.60. The quantitative estimate of drug-likeness (QED) is 0.448. The number of ether oxygens (including phenoxy) is 2. The number of benzene rings is 2. The Bertz CT molecular complexity index is 1190. The molecule has 2 aromatic carbocycles. The number of rotatable bonds is 9. The van der Waals surface area contributed by atoms with Gasteiger partial charge in [-0.15, -0.1) is 0 Å². The zero-order valence-electron chi connectivity index (χ0n) is 19.9. The molecule has 1 heterocycles. The molecule has 0 aliphatic rings. The molecule has 0 saturated carbocycles. The highest BCUT2D eigenvalue weighted by Crippen LogP contribution is 2.31. The topological polar surface area (TPSA) is 94.5 Å². The number of amides is 2. The average Bonchev–Trinajstić information content (AvgIpc) is 3.16. The molecule has 8 nitrogen and oxygen atoms in total. The maximum Gasteiger partial charge on any atom is 0.248 e. The van der Waals surface area contributed by atoms with E-state index in [1.54, 1.807) is 44.0 Å². The summed E-state index contributed by atoms with van der Waals surface area (Å²) in [6.07, 6.45) is 0.734. The number of hydrogen-bond donors (Lipinski definition) is 2. The van der Waals surface area contributed by atoms with Gasteiger partial charge in [-0.05, 0) is 63.1 Å². The van der Waals surface area contributed by atoms with Crippen LogP contribution in [0.15, 0.2) is 42.5 Å². The third-order valence-electron chi connectivity index (χ3n) is 5.41. The van der Waals surface area contributed by atoms with Crippen LogP contribution < -0.4 is 20.1 Å². The Morgan fingerprint density at radius 1 is 1.09 bits per heavy atom. The number of halogens is 1. The lowest BCUT2D eigenvalue weighted by atomic mass is 10.1. The van der Waals surface area contributed by atoms with E-state index in [0.717, 1.165) is 17.0 Å². The molecule has 180 valence electrons. The molecule has 34 heavy (non-hydrogen) atoms. The molecule has 0 radical (unpaired) electrons. The summed E-state index contributed by atoms with van der Waals surface area (Å²) in [7, 11) is 3.14. The number of nitrogens with one attached hydrogen (secondary N) is 2. The summed E-state index contributed by atoms with van der Waals surface area (Å²) < 4.78 is 12.4. The summed E-state index contributed by atoms with van der Waals surface area (Å²) in [6, 6.07) is 11.9. The molecule has 0 aliphatic carbocycles. The van der Waals surface area contributed by atoms with Crippen molar-refractivity contribution in [1.82, 2.24) is 9.78 Å². The van der Waals surface area contributed by atoms with E-state index in [0.29, 0.717) is 34.3 Å².